The van der Waals surface area contributed by atoms with E-state index in [2.05, 4.69) is 10.1 Å². The SMILES string of the molecule is COC(=O)c1ccc(O[C@@H](C)C(=O)Nc2ccccc2[N+](=O)[O-])c(OC)c1. The van der Waals surface area contributed by atoms with E-state index in [1.807, 2.05) is 0 Å². The molecule has 1 amide bonds. The highest BCUT2D eigenvalue weighted by molar-refractivity contribution is 5.96. The van der Waals surface area contributed by atoms with E-state index in [1.54, 1.807) is 6.07 Å². The summed E-state index contributed by atoms with van der Waals surface area (Å²) in [6.07, 6.45) is -0.984. The Balaban J connectivity index is 2.15. The number of amides is 1. The van der Waals surface area contributed by atoms with Crippen LogP contribution in [0, 0.1) is 10.1 Å². The summed E-state index contributed by atoms with van der Waals surface area (Å²) in [5.74, 6) is -0.649. The fourth-order valence-corrected chi connectivity index (χ4v) is 2.23. The highest BCUT2D eigenvalue weighted by Crippen LogP contribution is 2.30. The van der Waals surface area contributed by atoms with Crippen molar-refractivity contribution < 1.29 is 28.7 Å². The lowest BCUT2D eigenvalue weighted by molar-refractivity contribution is -0.383. The van der Waals surface area contributed by atoms with E-state index in [4.69, 9.17) is 9.47 Å². The van der Waals surface area contributed by atoms with Gasteiger partial charge in [-0.15, -0.1) is 0 Å². The van der Waals surface area contributed by atoms with Gasteiger partial charge in [0.1, 0.15) is 5.69 Å². The highest BCUT2D eigenvalue weighted by Gasteiger charge is 2.21. The Morgan fingerprint density at radius 1 is 1.11 bits per heavy atom. The van der Waals surface area contributed by atoms with Gasteiger partial charge in [0.25, 0.3) is 11.6 Å². The highest BCUT2D eigenvalue weighted by atomic mass is 16.6. The molecule has 27 heavy (non-hydrogen) atoms. The second kappa shape index (κ2) is 8.65. The van der Waals surface area contributed by atoms with Gasteiger partial charge in [-0.1, -0.05) is 12.1 Å². The summed E-state index contributed by atoms with van der Waals surface area (Å²) in [5.41, 5.74) is 0.104. The van der Waals surface area contributed by atoms with Crippen LogP contribution in [0.1, 0.15) is 17.3 Å². The molecule has 1 atom stereocenters. The van der Waals surface area contributed by atoms with Crippen LogP contribution < -0.4 is 14.8 Å². The molecule has 9 heteroatoms. The van der Waals surface area contributed by atoms with Gasteiger partial charge in [0, 0.05) is 6.07 Å². The molecule has 2 aromatic rings. The van der Waals surface area contributed by atoms with Gasteiger partial charge >= 0.3 is 5.97 Å². The van der Waals surface area contributed by atoms with E-state index in [0.717, 1.165) is 0 Å². The third-order valence-electron chi connectivity index (χ3n) is 3.62. The van der Waals surface area contributed by atoms with Crippen LogP contribution in [0.4, 0.5) is 11.4 Å². The van der Waals surface area contributed by atoms with Crippen molar-refractivity contribution >= 4 is 23.3 Å². The maximum atomic E-state index is 12.3. The molecule has 2 aromatic carbocycles. The van der Waals surface area contributed by atoms with Crippen LogP contribution in [0.3, 0.4) is 0 Å². The van der Waals surface area contributed by atoms with Crippen LogP contribution in [0.15, 0.2) is 42.5 Å². The number of para-hydroxylation sites is 2. The topological polar surface area (TPSA) is 117 Å². The molecule has 0 aliphatic carbocycles. The number of hydrogen-bond acceptors (Lipinski definition) is 7. The predicted octanol–water partition coefficient (Wildman–Crippen LogP) is 2.80. The third-order valence-corrected chi connectivity index (χ3v) is 3.62. The monoisotopic (exact) mass is 374 g/mol. The summed E-state index contributed by atoms with van der Waals surface area (Å²) in [6, 6.07) is 10.2. The van der Waals surface area contributed by atoms with Crippen molar-refractivity contribution in [2.75, 3.05) is 19.5 Å². The minimum absolute atomic E-state index is 0.0657. The van der Waals surface area contributed by atoms with Gasteiger partial charge in [-0.25, -0.2) is 4.79 Å². The zero-order valence-electron chi connectivity index (χ0n) is 14.9. The number of ether oxygens (including phenoxy) is 3. The Kier molecular flexibility index (Phi) is 6.32. The second-order valence-electron chi connectivity index (χ2n) is 5.38. The molecule has 2 rings (SSSR count). The van der Waals surface area contributed by atoms with E-state index in [0.29, 0.717) is 0 Å². The van der Waals surface area contributed by atoms with Crippen molar-refractivity contribution in [1.29, 1.82) is 0 Å². The van der Waals surface area contributed by atoms with Gasteiger partial charge in [0.05, 0.1) is 24.7 Å². The zero-order chi connectivity index (χ0) is 20.0. The Bertz CT molecular complexity index is 867. The lowest BCUT2D eigenvalue weighted by Gasteiger charge is -2.17. The first kappa shape index (κ1) is 19.7. The maximum Gasteiger partial charge on any atom is 0.337 e. The summed E-state index contributed by atoms with van der Waals surface area (Å²) in [4.78, 5) is 34.4. The van der Waals surface area contributed by atoms with Gasteiger partial charge < -0.3 is 19.5 Å². The average Bonchev–Trinajstić information content (AvgIpc) is 2.67. The zero-order valence-corrected chi connectivity index (χ0v) is 14.9. The van der Waals surface area contributed by atoms with E-state index >= 15 is 0 Å². The number of carbonyl (C=O) groups excluding carboxylic acids is 2. The van der Waals surface area contributed by atoms with Crippen molar-refractivity contribution in [2.24, 2.45) is 0 Å². The minimum atomic E-state index is -0.984. The average molecular weight is 374 g/mol. The van der Waals surface area contributed by atoms with Crippen LogP contribution in [-0.4, -0.2) is 37.1 Å². The molecule has 0 fully saturated rings. The van der Waals surface area contributed by atoms with Crippen LogP contribution in [0.5, 0.6) is 11.5 Å². The number of carbonyl (C=O) groups is 2. The summed E-state index contributed by atoms with van der Waals surface area (Å²) in [6.45, 7) is 1.48. The molecular weight excluding hydrogens is 356 g/mol. The molecule has 1 N–H and O–H groups in total. The molecule has 0 heterocycles. The largest absolute Gasteiger partial charge is 0.493 e. The number of rotatable bonds is 7. The van der Waals surface area contributed by atoms with Crippen molar-refractivity contribution in [3.8, 4) is 11.5 Å². The summed E-state index contributed by atoms with van der Waals surface area (Å²) in [5, 5.41) is 13.5. The standard InChI is InChI=1S/C18H18N2O7/c1-11(17(21)19-13-6-4-5-7-14(13)20(23)24)27-15-9-8-12(18(22)26-3)10-16(15)25-2/h4-11H,1-3H3,(H,19,21)/t11-/m0/s1. The molecule has 0 bridgehead atoms. The number of anilines is 1. The fraction of sp³-hybridized carbons (Fsp3) is 0.222. The summed E-state index contributed by atoms with van der Waals surface area (Å²) in [7, 11) is 2.65. The normalized spacial score (nSPS) is 11.2. The van der Waals surface area contributed by atoms with Gasteiger partial charge in [0.2, 0.25) is 0 Å². The van der Waals surface area contributed by atoms with Crippen molar-refractivity contribution in [1.82, 2.24) is 0 Å². The van der Waals surface area contributed by atoms with Crippen molar-refractivity contribution in [3.05, 3.63) is 58.1 Å². The molecular formula is C18H18N2O7. The number of nitro groups is 1. The first-order valence-electron chi connectivity index (χ1n) is 7.84. The van der Waals surface area contributed by atoms with Crippen molar-refractivity contribution in [3.63, 3.8) is 0 Å². The van der Waals surface area contributed by atoms with Crippen LogP contribution in [0.25, 0.3) is 0 Å². The predicted molar refractivity (Wildman–Crippen MR) is 96.1 cm³/mol. The van der Waals surface area contributed by atoms with E-state index < -0.39 is 22.9 Å². The van der Waals surface area contributed by atoms with E-state index in [1.165, 1.54) is 57.5 Å². The van der Waals surface area contributed by atoms with Gasteiger partial charge in [0.15, 0.2) is 17.6 Å². The van der Waals surface area contributed by atoms with Gasteiger partial charge in [-0.3, -0.25) is 14.9 Å². The number of nitrogens with one attached hydrogen (secondary N) is 1. The second-order valence-corrected chi connectivity index (χ2v) is 5.38. The van der Waals surface area contributed by atoms with Gasteiger partial charge in [-0.2, -0.15) is 0 Å². The molecule has 142 valence electrons. The molecule has 0 aromatic heterocycles. The van der Waals surface area contributed by atoms with E-state index in [9.17, 15) is 19.7 Å². The first-order valence-corrected chi connectivity index (χ1v) is 7.84. The van der Waals surface area contributed by atoms with Crippen LogP contribution in [-0.2, 0) is 9.53 Å². The Labute approximate surface area is 155 Å². The smallest absolute Gasteiger partial charge is 0.337 e. The Morgan fingerprint density at radius 3 is 2.44 bits per heavy atom. The molecule has 0 saturated carbocycles. The van der Waals surface area contributed by atoms with Crippen LogP contribution >= 0.6 is 0 Å². The molecule has 0 radical (unpaired) electrons. The number of hydrogen-bond donors (Lipinski definition) is 1. The number of nitro benzene ring substituents is 1. The molecule has 0 aliphatic rings. The quantitative estimate of drug-likeness (QED) is 0.450. The fourth-order valence-electron chi connectivity index (χ4n) is 2.23. The molecule has 0 unspecified atom stereocenters. The number of esters is 1. The maximum absolute atomic E-state index is 12.3. The minimum Gasteiger partial charge on any atom is -0.493 e. The third kappa shape index (κ3) is 4.72. The van der Waals surface area contributed by atoms with E-state index in [-0.39, 0.29) is 28.4 Å². The van der Waals surface area contributed by atoms with Crippen molar-refractivity contribution in [2.45, 2.75) is 13.0 Å². The summed E-state index contributed by atoms with van der Waals surface area (Å²) < 4.78 is 15.4. The molecule has 9 nitrogen and oxygen atoms in total. The molecule has 0 aliphatic heterocycles. The molecule has 0 spiro atoms. The number of benzene rings is 2. The first-order chi connectivity index (χ1) is 12.9. The Morgan fingerprint density at radius 2 is 1.81 bits per heavy atom. The molecule has 0 saturated heterocycles. The summed E-state index contributed by atoms with van der Waals surface area (Å²) >= 11 is 0. The lowest BCUT2D eigenvalue weighted by atomic mass is 10.2. The number of nitrogens with zero attached hydrogens (tertiary/aromatic N) is 1. The van der Waals surface area contributed by atoms with Gasteiger partial charge in [-0.05, 0) is 31.2 Å². The van der Waals surface area contributed by atoms with Crippen LogP contribution in [0.2, 0.25) is 0 Å². The Hall–Kier alpha value is -3.62. The lowest BCUT2D eigenvalue weighted by Crippen LogP contribution is -2.30. The number of methoxy groups -OCH3 is 2.